The second kappa shape index (κ2) is 11.6. The summed E-state index contributed by atoms with van der Waals surface area (Å²) in [5.74, 6) is 0.106. The van der Waals surface area contributed by atoms with Crippen molar-refractivity contribution in [1.82, 2.24) is 10.2 Å². The molecule has 0 radical (unpaired) electrons. The van der Waals surface area contributed by atoms with Crippen molar-refractivity contribution in [2.45, 2.75) is 24.9 Å². The summed E-state index contributed by atoms with van der Waals surface area (Å²) in [6, 6.07) is 16.3. The zero-order valence-electron chi connectivity index (χ0n) is 20.6. The van der Waals surface area contributed by atoms with Crippen LogP contribution in [0.5, 0.6) is 5.75 Å². The van der Waals surface area contributed by atoms with Crippen molar-refractivity contribution < 1.29 is 28.6 Å². The van der Waals surface area contributed by atoms with E-state index in [4.69, 9.17) is 16.3 Å². The fourth-order valence-corrected chi connectivity index (χ4v) is 4.32. The van der Waals surface area contributed by atoms with E-state index in [1.807, 2.05) is 6.07 Å². The molecule has 3 atom stereocenters. The van der Waals surface area contributed by atoms with Crippen LogP contribution in [0.25, 0.3) is 0 Å². The molecule has 0 saturated carbocycles. The lowest BCUT2D eigenvalue weighted by molar-refractivity contribution is -0.134. The SMILES string of the molecule is C#Cc1ccc(NC(=O)[C@H]([C@@H](C)c2ccccc2)N2C(=O)N[C@H](c3ccc(OCCO)cc3)C2=O)c(F)c1. The summed E-state index contributed by atoms with van der Waals surface area (Å²) >= 11 is 0. The van der Waals surface area contributed by atoms with E-state index in [9.17, 15) is 18.8 Å². The maximum atomic E-state index is 14.6. The zero-order chi connectivity index (χ0) is 27.2. The van der Waals surface area contributed by atoms with Crippen LogP contribution in [0.1, 0.15) is 35.6 Å². The van der Waals surface area contributed by atoms with Crippen LogP contribution >= 0.6 is 0 Å². The number of nitrogens with one attached hydrogen (secondary N) is 2. The molecule has 3 aromatic carbocycles. The summed E-state index contributed by atoms with van der Waals surface area (Å²) in [5.41, 5.74) is 1.38. The van der Waals surface area contributed by atoms with Crippen LogP contribution < -0.4 is 15.4 Å². The molecule has 3 N–H and O–H groups in total. The standard InChI is InChI=1S/C29H26FN3O5/c1-3-19-9-14-24(23(30)17-19)31-27(35)26(18(2)20-7-5-4-6-8-20)33-28(36)25(32-29(33)37)21-10-12-22(13-11-21)38-16-15-34/h1,4-14,17-18,25-26,34H,15-16H2,2H3,(H,31,35)(H,32,37)/t18-,25+,26-/m0/s1. The van der Waals surface area contributed by atoms with Gasteiger partial charge in [0.25, 0.3) is 5.91 Å². The third-order valence-corrected chi connectivity index (χ3v) is 6.28. The molecule has 1 aliphatic heterocycles. The number of anilines is 1. The average Bonchev–Trinajstić information content (AvgIpc) is 3.22. The van der Waals surface area contributed by atoms with Gasteiger partial charge in [0.2, 0.25) is 5.91 Å². The number of aliphatic hydroxyl groups excluding tert-OH is 1. The molecule has 9 heteroatoms. The Morgan fingerprint density at radius 1 is 1.16 bits per heavy atom. The summed E-state index contributed by atoms with van der Waals surface area (Å²) in [6.07, 6.45) is 5.32. The van der Waals surface area contributed by atoms with E-state index in [1.165, 1.54) is 12.1 Å². The Morgan fingerprint density at radius 2 is 1.87 bits per heavy atom. The Hall–Kier alpha value is -4.68. The summed E-state index contributed by atoms with van der Waals surface area (Å²) in [6.45, 7) is 1.69. The molecule has 0 aliphatic carbocycles. The number of carbonyl (C=O) groups excluding carboxylic acids is 3. The lowest BCUT2D eigenvalue weighted by atomic mass is 9.91. The highest BCUT2D eigenvalue weighted by Crippen LogP contribution is 2.32. The molecule has 1 fully saturated rings. The minimum absolute atomic E-state index is 0.118. The van der Waals surface area contributed by atoms with Crippen LogP contribution in [0.3, 0.4) is 0 Å². The van der Waals surface area contributed by atoms with E-state index < -0.39 is 41.7 Å². The van der Waals surface area contributed by atoms with E-state index in [0.29, 0.717) is 22.4 Å². The Balaban J connectivity index is 1.64. The maximum absolute atomic E-state index is 14.6. The molecule has 0 aromatic heterocycles. The molecule has 0 bridgehead atoms. The lowest BCUT2D eigenvalue weighted by Crippen LogP contribution is -2.50. The molecule has 3 aromatic rings. The van der Waals surface area contributed by atoms with Crippen molar-refractivity contribution in [1.29, 1.82) is 0 Å². The van der Waals surface area contributed by atoms with Gasteiger partial charge in [0.15, 0.2) is 0 Å². The highest BCUT2D eigenvalue weighted by atomic mass is 19.1. The van der Waals surface area contributed by atoms with Crippen molar-refractivity contribution in [3.8, 4) is 18.1 Å². The van der Waals surface area contributed by atoms with Gasteiger partial charge in [-0.3, -0.25) is 9.59 Å². The fraction of sp³-hybridized carbons (Fsp3) is 0.207. The zero-order valence-corrected chi connectivity index (χ0v) is 20.6. The van der Waals surface area contributed by atoms with Gasteiger partial charge in [-0.25, -0.2) is 14.1 Å². The first kappa shape index (κ1) is 26.4. The number of amides is 4. The Morgan fingerprint density at radius 3 is 2.50 bits per heavy atom. The van der Waals surface area contributed by atoms with Gasteiger partial charge in [-0.1, -0.05) is 55.3 Å². The Kier molecular flexibility index (Phi) is 8.04. The summed E-state index contributed by atoms with van der Waals surface area (Å²) in [4.78, 5) is 41.1. The minimum atomic E-state index is -1.28. The summed E-state index contributed by atoms with van der Waals surface area (Å²) in [7, 11) is 0. The smallest absolute Gasteiger partial charge is 0.325 e. The second-order valence-corrected chi connectivity index (χ2v) is 8.70. The number of terminal acetylenes is 1. The van der Waals surface area contributed by atoms with Crippen LogP contribution in [-0.2, 0) is 9.59 Å². The molecule has 0 unspecified atom stereocenters. The molecule has 38 heavy (non-hydrogen) atoms. The van der Waals surface area contributed by atoms with Crippen molar-refractivity contribution in [2.75, 3.05) is 18.5 Å². The van der Waals surface area contributed by atoms with Gasteiger partial charge in [-0.15, -0.1) is 6.42 Å². The van der Waals surface area contributed by atoms with E-state index in [-0.39, 0.29) is 18.9 Å². The molecule has 194 valence electrons. The Labute approximate surface area is 219 Å². The highest BCUT2D eigenvalue weighted by Gasteiger charge is 2.47. The number of rotatable bonds is 9. The number of benzene rings is 3. The summed E-state index contributed by atoms with van der Waals surface area (Å²) in [5, 5.41) is 14.1. The third-order valence-electron chi connectivity index (χ3n) is 6.28. The predicted molar refractivity (Wildman–Crippen MR) is 139 cm³/mol. The minimum Gasteiger partial charge on any atom is -0.491 e. The van der Waals surface area contributed by atoms with Gasteiger partial charge in [-0.2, -0.15) is 0 Å². The van der Waals surface area contributed by atoms with Crippen molar-refractivity contribution in [2.24, 2.45) is 0 Å². The number of imide groups is 1. The molecule has 1 heterocycles. The number of carbonyl (C=O) groups is 3. The van der Waals surface area contributed by atoms with E-state index >= 15 is 0 Å². The number of halogens is 1. The van der Waals surface area contributed by atoms with Crippen molar-refractivity contribution >= 4 is 23.5 Å². The normalized spacial score (nSPS) is 16.4. The monoisotopic (exact) mass is 515 g/mol. The molecule has 4 rings (SSSR count). The van der Waals surface area contributed by atoms with Crippen LogP contribution in [-0.4, -0.2) is 47.1 Å². The molecule has 1 saturated heterocycles. The van der Waals surface area contributed by atoms with Gasteiger partial charge in [0.05, 0.1) is 12.3 Å². The number of urea groups is 1. The molecule has 1 aliphatic rings. The number of hydrogen-bond acceptors (Lipinski definition) is 5. The molecule has 8 nitrogen and oxygen atoms in total. The maximum Gasteiger partial charge on any atom is 0.325 e. The largest absolute Gasteiger partial charge is 0.491 e. The number of ether oxygens (including phenoxy) is 1. The average molecular weight is 516 g/mol. The van der Waals surface area contributed by atoms with Crippen LogP contribution in [0.4, 0.5) is 14.9 Å². The van der Waals surface area contributed by atoms with Crippen molar-refractivity contribution in [3.63, 3.8) is 0 Å². The van der Waals surface area contributed by atoms with Gasteiger partial charge in [0, 0.05) is 11.5 Å². The Bertz CT molecular complexity index is 1370. The van der Waals surface area contributed by atoms with Crippen LogP contribution in [0, 0.1) is 18.2 Å². The van der Waals surface area contributed by atoms with E-state index in [1.54, 1.807) is 55.5 Å². The molecule has 4 amide bonds. The molecular formula is C29H26FN3O5. The van der Waals surface area contributed by atoms with Gasteiger partial charge in [0.1, 0.15) is 30.3 Å². The number of aliphatic hydroxyl groups is 1. The number of nitrogens with zero attached hydrogens (tertiary/aromatic N) is 1. The van der Waals surface area contributed by atoms with E-state index in [2.05, 4.69) is 16.6 Å². The quantitative estimate of drug-likeness (QED) is 0.298. The topological polar surface area (TPSA) is 108 Å². The van der Waals surface area contributed by atoms with E-state index in [0.717, 1.165) is 11.0 Å². The third kappa shape index (κ3) is 5.51. The van der Waals surface area contributed by atoms with Gasteiger partial charge >= 0.3 is 6.03 Å². The van der Waals surface area contributed by atoms with Crippen LogP contribution in [0.2, 0.25) is 0 Å². The molecule has 0 spiro atoms. The predicted octanol–water partition coefficient (Wildman–Crippen LogP) is 3.58. The van der Waals surface area contributed by atoms with Gasteiger partial charge in [-0.05, 0) is 41.5 Å². The lowest BCUT2D eigenvalue weighted by Gasteiger charge is -2.30. The van der Waals surface area contributed by atoms with Crippen LogP contribution in [0.15, 0.2) is 72.8 Å². The first-order chi connectivity index (χ1) is 18.3. The summed E-state index contributed by atoms with van der Waals surface area (Å²) < 4.78 is 20.0. The number of hydrogen-bond donors (Lipinski definition) is 3. The highest BCUT2D eigenvalue weighted by molar-refractivity contribution is 6.10. The van der Waals surface area contributed by atoms with Gasteiger partial charge < -0.3 is 20.5 Å². The molecular weight excluding hydrogens is 489 g/mol. The first-order valence-corrected chi connectivity index (χ1v) is 11.9. The first-order valence-electron chi connectivity index (χ1n) is 11.9. The van der Waals surface area contributed by atoms with Crippen molar-refractivity contribution in [3.05, 3.63) is 95.3 Å². The fourth-order valence-electron chi connectivity index (χ4n) is 4.32. The second-order valence-electron chi connectivity index (χ2n) is 8.70.